The number of hydrogen-bond donors (Lipinski definition) is 1. The summed E-state index contributed by atoms with van der Waals surface area (Å²) in [6.45, 7) is 2.00. The molecule has 1 unspecified atom stereocenters. The molecular formula is C13H15BrFN3. The summed E-state index contributed by atoms with van der Waals surface area (Å²) in [7, 11) is 0. The van der Waals surface area contributed by atoms with Gasteiger partial charge in [-0.2, -0.15) is 5.10 Å². The molecule has 0 aliphatic carbocycles. The van der Waals surface area contributed by atoms with Gasteiger partial charge in [-0.25, -0.2) is 9.07 Å². The third-order valence-electron chi connectivity index (χ3n) is 2.88. The van der Waals surface area contributed by atoms with Crippen molar-refractivity contribution < 1.29 is 4.39 Å². The number of benzene rings is 1. The van der Waals surface area contributed by atoms with Gasteiger partial charge >= 0.3 is 0 Å². The summed E-state index contributed by atoms with van der Waals surface area (Å²) >= 11 is 3.34. The van der Waals surface area contributed by atoms with Gasteiger partial charge in [0.25, 0.3) is 0 Å². The largest absolute Gasteiger partial charge is 0.327 e. The molecule has 0 fully saturated rings. The van der Waals surface area contributed by atoms with Crippen molar-refractivity contribution in [3.05, 3.63) is 46.4 Å². The van der Waals surface area contributed by atoms with Gasteiger partial charge in [0.2, 0.25) is 0 Å². The number of aromatic nitrogens is 2. The van der Waals surface area contributed by atoms with Gasteiger partial charge < -0.3 is 5.73 Å². The van der Waals surface area contributed by atoms with E-state index in [1.807, 2.05) is 13.0 Å². The highest BCUT2D eigenvalue weighted by Gasteiger charge is 2.13. The van der Waals surface area contributed by atoms with Crippen LogP contribution in [0.25, 0.3) is 5.69 Å². The minimum absolute atomic E-state index is 0.0420. The van der Waals surface area contributed by atoms with Crippen molar-refractivity contribution in [1.82, 2.24) is 9.78 Å². The van der Waals surface area contributed by atoms with Gasteiger partial charge in [0.15, 0.2) is 0 Å². The summed E-state index contributed by atoms with van der Waals surface area (Å²) in [5.74, 6) is -0.233. The predicted molar refractivity (Wildman–Crippen MR) is 73.2 cm³/mol. The van der Waals surface area contributed by atoms with Crippen LogP contribution in [0.1, 0.15) is 18.9 Å². The molecule has 1 aromatic heterocycles. The fourth-order valence-electron chi connectivity index (χ4n) is 1.80. The summed E-state index contributed by atoms with van der Waals surface area (Å²) in [6, 6.07) is 4.95. The molecule has 3 nitrogen and oxygen atoms in total. The molecule has 0 radical (unpaired) electrons. The van der Waals surface area contributed by atoms with Crippen molar-refractivity contribution in [3.8, 4) is 5.69 Å². The fourth-order valence-corrected chi connectivity index (χ4v) is 2.09. The maximum Gasteiger partial charge on any atom is 0.128 e. The fraction of sp³-hybridized carbons (Fsp3) is 0.308. The number of rotatable bonds is 4. The first-order valence-corrected chi connectivity index (χ1v) is 6.64. The zero-order chi connectivity index (χ0) is 13.1. The number of nitrogens with zero attached hydrogens (tertiary/aromatic N) is 2. The first-order chi connectivity index (χ1) is 8.61. The maximum atomic E-state index is 13.9. The Hall–Kier alpha value is -1.20. The van der Waals surface area contributed by atoms with Gasteiger partial charge in [0, 0.05) is 17.8 Å². The van der Waals surface area contributed by atoms with Crippen molar-refractivity contribution in [2.75, 3.05) is 0 Å². The van der Waals surface area contributed by atoms with Crippen LogP contribution in [0, 0.1) is 5.82 Å². The number of nitrogens with two attached hydrogens (primary N) is 1. The molecular weight excluding hydrogens is 297 g/mol. The van der Waals surface area contributed by atoms with Crippen LogP contribution in [-0.4, -0.2) is 15.8 Å². The summed E-state index contributed by atoms with van der Waals surface area (Å²) < 4.78 is 16.4. The molecule has 0 saturated carbocycles. The van der Waals surface area contributed by atoms with Crippen LogP contribution >= 0.6 is 15.9 Å². The van der Waals surface area contributed by atoms with E-state index in [0.717, 1.165) is 16.6 Å². The van der Waals surface area contributed by atoms with Crippen LogP contribution in [0.5, 0.6) is 0 Å². The first kappa shape index (κ1) is 13.2. The van der Waals surface area contributed by atoms with Gasteiger partial charge in [-0.15, -0.1) is 0 Å². The Morgan fingerprint density at radius 2 is 2.28 bits per heavy atom. The molecule has 0 bridgehead atoms. The Morgan fingerprint density at radius 3 is 2.89 bits per heavy atom. The number of hydrogen-bond acceptors (Lipinski definition) is 2. The van der Waals surface area contributed by atoms with E-state index in [0.29, 0.717) is 12.0 Å². The lowest BCUT2D eigenvalue weighted by Gasteiger charge is -2.14. The molecule has 96 valence electrons. The van der Waals surface area contributed by atoms with Crippen molar-refractivity contribution >= 4 is 15.9 Å². The van der Waals surface area contributed by atoms with Crippen LogP contribution in [0.15, 0.2) is 35.1 Å². The molecule has 5 heteroatoms. The molecule has 2 aromatic rings. The summed E-state index contributed by atoms with van der Waals surface area (Å²) in [6.07, 6.45) is 4.80. The summed E-state index contributed by atoms with van der Waals surface area (Å²) in [5, 5.41) is 4.18. The van der Waals surface area contributed by atoms with Gasteiger partial charge in [-0.3, -0.25) is 0 Å². The maximum absolute atomic E-state index is 13.9. The van der Waals surface area contributed by atoms with Gasteiger partial charge in [-0.05, 0) is 40.9 Å². The van der Waals surface area contributed by atoms with E-state index >= 15 is 0 Å². The second-order valence-corrected chi connectivity index (χ2v) is 5.13. The molecule has 0 amide bonds. The molecule has 2 N–H and O–H groups in total. The first-order valence-electron chi connectivity index (χ1n) is 5.85. The molecule has 1 aromatic carbocycles. The van der Waals surface area contributed by atoms with Gasteiger partial charge in [0.05, 0.1) is 16.4 Å². The Kier molecular flexibility index (Phi) is 4.14. The molecule has 2 rings (SSSR count). The van der Waals surface area contributed by atoms with Gasteiger partial charge in [0.1, 0.15) is 5.82 Å². The zero-order valence-corrected chi connectivity index (χ0v) is 11.7. The van der Waals surface area contributed by atoms with E-state index in [9.17, 15) is 4.39 Å². The summed E-state index contributed by atoms with van der Waals surface area (Å²) in [5.41, 5.74) is 7.27. The van der Waals surface area contributed by atoms with E-state index < -0.39 is 0 Å². The van der Waals surface area contributed by atoms with E-state index in [4.69, 9.17) is 5.73 Å². The quantitative estimate of drug-likeness (QED) is 0.943. The average Bonchev–Trinajstić information content (AvgIpc) is 2.78. The van der Waals surface area contributed by atoms with E-state index in [2.05, 4.69) is 21.0 Å². The zero-order valence-electron chi connectivity index (χ0n) is 10.1. The molecule has 0 spiro atoms. The van der Waals surface area contributed by atoms with E-state index in [1.54, 1.807) is 23.1 Å². The lowest BCUT2D eigenvalue weighted by atomic mass is 10.0. The topological polar surface area (TPSA) is 43.8 Å². The van der Waals surface area contributed by atoms with Crippen LogP contribution in [0.4, 0.5) is 4.39 Å². The molecule has 0 saturated heterocycles. The Balaban J connectivity index is 2.43. The molecule has 18 heavy (non-hydrogen) atoms. The molecule has 1 heterocycles. The average molecular weight is 312 g/mol. The SMILES string of the molecule is CCC(N)Cc1c(F)cccc1-n1cc(Br)cn1. The van der Waals surface area contributed by atoms with E-state index in [1.165, 1.54) is 6.07 Å². The van der Waals surface area contributed by atoms with Crippen molar-refractivity contribution in [1.29, 1.82) is 0 Å². The normalized spacial score (nSPS) is 12.7. The second kappa shape index (κ2) is 5.63. The third-order valence-corrected chi connectivity index (χ3v) is 3.29. The summed E-state index contributed by atoms with van der Waals surface area (Å²) in [4.78, 5) is 0. The number of halogens is 2. The smallest absolute Gasteiger partial charge is 0.128 e. The van der Waals surface area contributed by atoms with Gasteiger partial charge in [-0.1, -0.05) is 13.0 Å². The van der Waals surface area contributed by atoms with Crippen molar-refractivity contribution in [2.45, 2.75) is 25.8 Å². The van der Waals surface area contributed by atoms with Crippen molar-refractivity contribution in [2.24, 2.45) is 5.73 Å². The Morgan fingerprint density at radius 1 is 1.50 bits per heavy atom. The van der Waals surface area contributed by atoms with Crippen LogP contribution in [-0.2, 0) is 6.42 Å². The van der Waals surface area contributed by atoms with E-state index in [-0.39, 0.29) is 11.9 Å². The van der Waals surface area contributed by atoms with Crippen LogP contribution in [0.3, 0.4) is 0 Å². The molecule has 0 aliphatic rings. The third kappa shape index (κ3) is 2.79. The minimum Gasteiger partial charge on any atom is -0.327 e. The highest BCUT2D eigenvalue weighted by Crippen LogP contribution is 2.21. The second-order valence-electron chi connectivity index (χ2n) is 4.21. The predicted octanol–water partition coefficient (Wildman–Crippen LogP) is 3.05. The van der Waals surface area contributed by atoms with Crippen LogP contribution in [0.2, 0.25) is 0 Å². The standard InChI is InChI=1S/C13H15BrFN3/c1-2-10(16)6-11-12(15)4-3-5-13(11)18-8-9(14)7-17-18/h3-5,7-8,10H,2,6,16H2,1H3. The monoisotopic (exact) mass is 311 g/mol. The minimum atomic E-state index is -0.233. The Bertz CT molecular complexity index is 539. The lowest BCUT2D eigenvalue weighted by molar-refractivity contribution is 0.575. The Labute approximate surface area is 114 Å². The molecule has 1 atom stereocenters. The molecule has 0 aliphatic heterocycles. The highest BCUT2D eigenvalue weighted by atomic mass is 79.9. The van der Waals surface area contributed by atoms with Crippen molar-refractivity contribution in [3.63, 3.8) is 0 Å². The lowest BCUT2D eigenvalue weighted by Crippen LogP contribution is -2.23. The highest BCUT2D eigenvalue weighted by molar-refractivity contribution is 9.10. The van der Waals surface area contributed by atoms with Crippen LogP contribution < -0.4 is 5.73 Å².